The molecular weight excluding hydrogens is 176 g/mol. The van der Waals surface area contributed by atoms with Crippen LogP contribution < -0.4 is 0 Å². The van der Waals surface area contributed by atoms with Crippen LogP contribution in [0.4, 0.5) is 0 Å². The van der Waals surface area contributed by atoms with Gasteiger partial charge >= 0.3 is 0 Å². The van der Waals surface area contributed by atoms with Crippen molar-refractivity contribution in [3.05, 3.63) is 0 Å². The Balaban J connectivity index is 4.68. The van der Waals surface area contributed by atoms with E-state index in [1.165, 1.54) is 0 Å². The van der Waals surface area contributed by atoms with Gasteiger partial charge in [-0.1, -0.05) is 0 Å². The van der Waals surface area contributed by atoms with Crippen LogP contribution in [0.2, 0.25) is 26.2 Å². The van der Waals surface area contributed by atoms with E-state index >= 15 is 0 Å². The first kappa shape index (κ1) is 11.1. The van der Waals surface area contributed by atoms with E-state index in [9.17, 15) is 0 Å². The van der Waals surface area contributed by atoms with Gasteiger partial charge in [-0.15, -0.1) is 35.0 Å². The molecule has 0 unspecified atom stereocenters. The highest BCUT2D eigenvalue weighted by atomic mass is 28.3. The summed E-state index contributed by atoms with van der Waals surface area (Å²) in [4.78, 5) is 0. The van der Waals surface area contributed by atoms with Crippen LogP contribution in [0.5, 0.6) is 0 Å². The molecule has 0 aromatic rings. The van der Waals surface area contributed by atoms with Crippen LogP contribution in [-0.4, -0.2) is 16.1 Å². The van der Waals surface area contributed by atoms with Gasteiger partial charge < -0.3 is 0 Å². The highest BCUT2D eigenvalue weighted by molar-refractivity contribution is 6.97. The third kappa shape index (κ3) is 4.09. The number of rotatable bonds is 0. The van der Waals surface area contributed by atoms with Crippen molar-refractivity contribution in [1.29, 1.82) is 0 Å². The van der Waals surface area contributed by atoms with Crippen LogP contribution in [0.15, 0.2) is 0 Å². The number of hydrogen-bond acceptors (Lipinski definition) is 0. The second kappa shape index (κ2) is 3.68. The van der Waals surface area contributed by atoms with Crippen molar-refractivity contribution in [2.45, 2.75) is 26.2 Å². The van der Waals surface area contributed by atoms with Crippen LogP contribution in [0.25, 0.3) is 0 Å². The lowest BCUT2D eigenvalue weighted by Gasteiger charge is -2.07. The highest BCUT2D eigenvalue weighted by Crippen LogP contribution is 2.00. The van der Waals surface area contributed by atoms with E-state index in [0.29, 0.717) is 0 Å². The molecule has 0 fully saturated rings. The monoisotopic (exact) mass is 190 g/mol. The highest BCUT2D eigenvalue weighted by Gasteiger charge is 2.17. The van der Waals surface area contributed by atoms with Gasteiger partial charge in [-0.2, -0.15) is 0 Å². The van der Waals surface area contributed by atoms with E-state index in [0.717, 1.165) is 0 Å². The molecule has 0 aliphatic carbocycles. The molecule has 0 atom stereocenters. The van der Waals surface area contributed by atoms with Crippen molar-refractivity contribution in [2.24, 2.45) is 0 Å². The summed E-state index contributed by atoms with van der Waals surface area (Å²) >= 11 is 0. The summed E-state index contributed by atoms with van der Waals surface area (Å²) in [5.41, 5.74) is 11.9. The maximum absolute atomic E-state index is 5.35. The van der Waals surface area contributed by atoms with Gasteiger partial charge in [-0.05, 0) is 26.2 Å². The predicted octanol–water partition coefficient (Wildman–Crippen LogP) is 1.83. The topological polar surface area (TPSA) is 0 Å². The number of hydrogen-bond donors (Lipinski definition) is 0. The second-order valence-corrected chi connectivity index (χ2v) is 11.4. The molecule has 0 aromatic carbocycles. The first-order valence-electron chi connectivity index (χ1n) is 3.83. The third-order valence-corrected chi connectivity index (χ3v) is 4.60. The molecule has 0 heterocycles. The minimum atomic E-state index is -1.70. The molecule has 0 N–H and O–H groups in total. The first-order valence-corrected chi connectivity index (χ1v) is 9.83. The molecule has 12 heavy (non-hydrogen) atoms. The summed E-state index contributed by atoms with van der Waals surface area (Å²) in [7, 11) is -3.40. The molecule has 0 saturated carbocycles. The van der Waals surface area contributed by atoms with Gasteiger partial charge in [0.05, 0.1) is 0 Å². The van der Waals surface area contributed by atoms with Crippen LogP contribution in [0, 0.1) is 35.0 Å². The Hall–Kier alpha value is -0.886. The average Bonchev–Trinajstić information content (AvgIpc) is 2.02. The van der Waals surface area contributed by atoms with Crippen molar-refractivity contribution in [2.75, 3.05) is 0 Å². The molecule has 62 valence electrons. The summed E-state index contributed by atoms with van der Waals surface area (Å²) in [5.74, 6) is 0. The van der Waals surface area contributed by atoms with Gasteiger partial charge in [0.25, 0.3) is 0 Å². The van der Waals surface area contributed by atoms with Crippen molar-refractivity contribution < 1.29 is 0 Å². The van der Waals surface area contributed by atoms with Gasteiger partial charge in [-0.25, -0.2) is 0 Å². The van der Waals surface area contributed by atoms with Crippen LogP contribution in [0.3, 0.4) is 0 Å². The molecule has 0 rings (SSSR count). The zero-order chi connectivity index (χ0) is 9.83. The number of terminal acetylenes is 2. The van der Waals surface area contributed by atoms with Crippen LogP contribution in [0.1, 0.15) is 0 Å². The van der Waals surface area contributed by atoms with E-state index in [1.54, 1.807) is 0 Å². The summed E-state index contributed by atoms with van der Waals surface area (Å²) in [6, 6.07) is 0. The van der Waals surface area contributed by atoms with Gasteiger partial charge in [-0.3, -0.25) is 0 Å². The summed E-state index contributed by atoms with van der Waals surface area (Å²) < 4.78 is 0. The molecule has 0 aromatic heterocycles. The minimum absolute atomic E-state index is 1.70. The van der Waals surface area contributed by atoms with E-state index in [2.05, 4.69) is 48.4 Å². The SMILES string of the molecule is C#C[Si](C)(C)C#C[Si](C)(C)C#C. The molecule has 0 amide bonds. The predicted molar refractivity (Wildman–Crippen MR) is 60.4 cm³/mol. The fourth-order valence-corrected chi connectivity index (χ4v) is 3.03. The maximum Gasteiger partial charge on any atom is 0.209 e. The quantitative estimate of drug-likeness (QED) is 0.404. The Bertz CT molecular complexity index is 269. The van der Waals surface area contributed by atoms with Crippen molar-refractivity contribution >= 4 is 16.1 Å². The molecule has 2 heteroatoms. The molecule has 0 saturated heterocycles. The lowest BCUT2D eigenvalue weighted by atomic mass is 11.3. The Labute approximate surface area is 77.8 Å². The minimum Gasteiger partial charge on any atom is -0.126 e. The van der Waals surface area contributed by atoms with Gasteiger partial charge in [0.15, 0.2) is 0 Å². The largest absolute Gasteiger partial charge is 0.209 e. The summed E-state index contributed by atoms with van der Waals surface area (Å²) in [6.07, 6.45) is 10.7. The molecule has 0 aliphatic rings. The average molecular weight is 190 g/mol. The fraction of sp³-hybridized carbons (Fsp3) is 0.400. The van der Waals surface area contributed by atoms with E-state index in [1.807, 2.05) is 0 Å². The molecule has 0 aliphatic heterocycles. The summed E-state index contributed by atoms with van der Waals surface area (Å²) in [6.45, 7) is 8.23. The molecule has 0 spiro atoms. The molecular formula is C10H14Si2. The fourth-order valence-electron chi connectivity index (χ4n) is 0.385. The lowest BCUT2D eigenvalue weighted by Crippen LogP contribution is -2.26. The summed E-state index contributed by atoms with van der Waals surface area (Å²) in [5, 5.41) is 0. The maximum atomic E-state index is 5.35. The Morgan fingerprint density at radius 3 is 1.17 bits per heavy atom. The molecule has 0 nitrogen and oxygen atoms in total. The molecule has 0 bridgehead atoms. The van der Waals surface area contributed by atoms with E-state index in [-0.39, 0.29) is 0 Å². The smallest absolute Gasteiger partial charge is 0.126 e. The standard InChI is InChI=1S/C10H14Si2/c1-7-11(3,4)9-10-12(5,6)8-2/h1-2H,3-6H3. The lowest BCUT2D eigenvalue weighted by molar-refractivity contribution is 1.92. The van der Waals surface area contributed by atoms with Gasteiger partial charge in [0, 0.05) is 0 Å². The first-order chi connectivity index (χ1) is 5.33. The van der Waals surface area contributed by atoms with Crippen LogP contribution >= 0.6 is 0 Å². The van der Waals surface area contributed by atoms with Gasteiger partial charge in [0.2, 0.25) is 16.1 Å². The van der Waals surface area contributed by atoms with E-state index < -0.39 is 16.1 Å². The Kier molecular flexibility index (Phi) is 3.41. The van der Waals surface area contributed by atoms with Gasteiger partial charge in [0.1, 0.15) is 0 Å². The van der Waals surface area contributed by atoms with E-state index in [4.69, 9.17) is 12.8 Å². The Morgan fingerprint density at radius 2 is 1.00 bits per heavy atom. The van der Waals surface area contributed by atoms with Crippen LogP contribution in [-0.2, 0) is 0 Å². The van der Waals surface area contributed by atoms with Crippen molar-refractivity contribution in [3.63, 3.8) is 0 Å². The Morgan fingerprint density at radius 1 is 0.750 bits per heavy atom. The van der Waals surface area contributed by atoms with Crippen molar-refractivity contribution in [3.8, 4) is 35.0 Å². The third-order valence-electron chi connectivity index (χ3n) is 1.41. The zero-order valence-electron chi connectivity index (χ0n) is 8.15. The van der Waals surface area contributed by atoms with Crippen molar-refractivity contribution in [1.82, 2.24) is 0 Å². The molecule has 0 radical (unpaired) electrons. The normalized spacial score (nSPS) is 10.5. The zero-order valence-corrected chi connectivity index (χ0v) is 10.2. The second-order valence-electron chi connectivity index (χ2n) is 3.79.